The highest BCUT2D eigenvalue weighted by molar-refractivity contribution is 6.32. The molecule has 1 saturated heterocycles. The quantitative estimate of drug-likeness (QED) is 0.715. The lowest BCUT2D eigenvalue weighted by Gasteiger charge is -2.34. The van der Waals surface area contributed by atoms with Crippen LogP contribution in [0.5, 0.6) is 11.5 Å². The second kappa shape index (κ2) is 9.98. The Hall–Kier alpha value is -2.54. The number of hydrogen-bond acceptors (Lipinski definition) is 5. The number of amides is 1. The summed E-state index contributed by atoms with van der Waals surface area (Å²) in [6, 6.07) is 13.9. The van der Waals surface area contributed by atoms with Crippen molar-refractivity contribution < 1.29 is 19.0 Å². The first-order valence-corrected chi connectivity index (χ1v) is 10.5. The van der Waals surface area contributed by atoms with E-state index in [0.717, 1.165) is 18.7 Å². The van der Waals surface area contributed by atoms with Gasteiger partial charge >= 0.3 is 0 Å². The summed E-state index contributed by atoms with van der Waals surface area (Å²) in [6.45, 7) is 4.61. The summed E-state index contributed by atoms with van der Waals surface area (Å²) in [4.78, 5) is 14.8. The number of fused-ring (bicyclic) bond motifs is 1. The molecular formula is C23H25ClN2O4. The van der Waals surface area contributed by atoms with Crippen LogP contribution in [0.15, 0.2) is 48.5 Å². The summed E-state index contributed by atoms with van der Waals surface area (Å²) < 4.78 is 16.6. The van der Waals surface area contributed by atoms with Crippen molar-refractivity contribution in [3.05, 3.63) is 64.7 Å². The molecule has 0 aromatic heterocycles. The number of carbonyl (C=O) groups excluding carboxylic acids is 1. The highest BCUT2D eigenvalue weighted by Crippen LogP contribution is 2.38. The highest BCUT2D eigenvalue weighted by Gasteiger charge is 2.22. The van der Waals surface area contributed by atoms with Crippen LogP contribution in [0.3, 0.4) is 0 Å². The third-order valence-electron chi connectivity index (χ3n) is 5.19. The largest absolute Gasteiger partial charge is 0.486 e. The van der Waals surface area contributed by atoms with Crippen LogP contribution in [-0.2, 0) is 9.53 Å². The third kappa shape index (κ3) is 5.14. The molecule has 4 rings (SSSR count). The molecule has 0 radical (unpaired) electrons. The molecule has 0 aliphatic carbocycles. The lowest BCUT2D eigenvalue weighted by atomic mass is 10.0. The molecule has 6 nitrogen and oxygen atoms in total. The van der Waals surface area contributed by atoms with Crippen molar-refractivity contribution in [1.82, 2.24) is 10.2 Å². The van der Waals surface area contributed by atoms with Crippen molar-refractivity contribution in [2.24, 2.45) is 0 Å². The monoisotopic (exact) mass is 428 g/mol. The number of nitrogens with one attached hydrogen (secondary N) is 1. The van der Waals surface area contributed by atoms with E-state index in [1.807, 2.05) is 24.3 Å². The molecule has 1 unspecified atom stereocenters. The minimum Gasteiger partial charge on any atom is -0.486 e. The fraction of sp³-hybridized carbons (Fsp3) is 0.348. The molecule has 0 saturated carbocycles. The Balaban J connectivity index is 1.40. The summed E-state index contributed by atoms with van der Waals surface area (Å²) in [7, 11) is 0. The highest BCUT2D eigenvalue weighted by atomic mass is 35.5. The predicted molar refractivity (Wildman–Crippen MR) is 116 cm³/mol. The molecule has 158 valence electrons. The molecule has 1 atom stereocenters. The van der Waals surface area contributed by atoms with E-state index in [9.17, 15) is 4.79 Å². The fourth-order valence-electron chi connectivity index (χ4n) is 3.68. The van der Waals surface area contributed by atoms with Crippen LogP contribution < -0.4 is 14.8 Å². The van der Waals surface area contributed by atoms with Gasteiger partial charge in [0.15, 0.2) is 11.5 Å². The van der Waals surface area contributed by atoms with Crippen LogP contribution in [0.2, 0.25) is 5.02 Å². The fourth-order valence-corrected chi connectivity index (χ4v) is 3.95. The molecule has 1 fully saturated rings. The normalized spacial score (nSPS) is 17.6. The van der Waals surface area contributed by atoms with Gasteiger partial charge in [-0.2, -0.15) is 0 Å². The molecule has 2 aliphatic heterocycles. The maximum absolute atomic E-state index is 12.5. The van der Waals surface area contributed by atoms with Crippen molar-refractivity contribution in [3.63, 3.8) is 0 Å². The molecule has 0 spiro atoms. The van der Waals surface area contributed by atoms with Gasteiger partial charge in [0.1, 0.15) is 13.2 Å². The van der Waals surface area contributed by atoms with E-state index in [1.54, 1.807) is 12.1 Å². The van der Waals surface area contributed by atoms with Gasteiger partial charge < -0.3 is 19.5 Å². The van der Waals surface area contributed by atoms with Gasteiger partial charge in [-0.05, 0) is 29.3 Å². The van der Waals surface area contributed by atoms with Gasteiger partial charge in [-0.1, -0.05) is 41.9 Å². The Morgan fingerprint density at radius 2 is 1.87 bits per heavy atom. The van der Waals surface area contributed by atoms with Crippen molar-refractivity contribution in [3.8, 4) is 11.5 Å². The van der Waals surface area contributed by atoms with Crippen molar-refractivity contribution in [2.75, 3.05) is 46.1 Å². The van der Waals surface area contributed by atoms with E-state index in [2.05, 4.69) is 22.3 Å². The zero-order valence-electron chi connectivity index (χ0n) is 16.7. The number of morpholine rings is 1. The molecular weight excluding hydrogens is 404 g/mol. The molecule has 2 aliphatic rings. The minimum atomic E-state index is -0.157. The van der Waals surface area contributed by atoms with Gasteiger partial charge in [0.25, 0.3) is 0 Å². The van der Waals surface area contributed by atoms with Gasteiger partial charge in [-0.15, -0.1) is 0 Å². The van der Waals surface area contributed by atoms with Crippen LogP contribution in [0.25, 0.3) is 6.08 Å². The molecule has 2 aromatic rings. The maximum atomic E-state index is 12.5. The molecule has 2 heterocycles. The van der Waals surface area contributed by atoms with Gasteiger partial charge in [0, 0.05) is 25.7 Å². The number of rotatable bonds is 6. The van der Waals surface area contributed by atoms with Crippen LogP contribution in [0, 0.1) is 0 Å². The minimum absolute atomic E-state index is 0.108. The number of carbonyl (C=O) groups is 1. The Morgan fingerprint density at radius 1 is 1.10 bits per heavy atom. The number of nitrogens with zero attached hydrogens (tertiary/aromatic N) is 1. The van der Waals surface area contributed by atoms with Crippen LogP contribution in [-0.4, -0.2) is 56.9 Å². The Bertz CT molecular complexity index is 898. The van der Waals surface area contributed by atoms with E-state index in [-0.39, 0.29) is 11.9 Å². The summed E-state index contributed by atoms with van der Waals surface area (Å²) >= 11 is 6.26. The van der Waals surface area contributed by atoms with Crippen molar-refractivity contribution in [1.29, 1.82) is 0 Å². The van der Waals surface area contributed by atoms with Crippen LogP contribution in [0.4, 0.5) is 0 Å². The maximum Gasteiger partial charge on any atom is 0.244 e. The third-order valence-corrected chi connectivity index (χ3v) is 5.47. The Kier molecular flexibility index (Phi) is 6.89. The number of halogens is 1. The van der Waals surface area contributed by atoms with E-state index < -0.39 is 0 Å². The molecule has 2 aromatic carbocycles. The second-order valence-corrected chi connectivity index (χ2v) is 7.59. The lowest BCUT2D eigenvalue weighted by molar-refractivity contribution is -0.116. The first kappa shape index (κ1) is 20.7. The van der Waals surface area contributed by atoms with E-state index in [4.69, 9.17) is 25.8 Å². The van der Waals surface area contributed by atoms with Gasteiger partial charge in [0.05, 0.1) is 24.3 Å². The Morgan fingerprint density at radius 3 is 2.67 bits per heavy atom. The van der Waals surface area contributed by atoms with E-state index >= 15 is 0 Å². The van der Waals surface area contributed by atoms with Crippen LogP contribution in [0.1, 0.15) is 17.2 Å². The van der Waals surface area contributed by atoms with Crippen LogP contribution >= 0.6 is 11.6 Å². The number of hydrogen-bond donors (Lipinski definition) is 1. The average molecular weight is 429 g/mol. The summed E-state index contributed by atoms with van der Waals surface area (Å²) in [5.74, 6) is 1.00. The molecule has 1 amide bonds. The zero-order valence-corrected chi connectivity index (χ0v) is 17.4. The van der Waals surface area contributed by atoms with E-state index in [1.165, 1.54) is 11.6 Å². The lowest BCUT2D eigenvalue weighted by Crippen LogP contribution is -2.43. The first-order chi connectivity index (χ1) is 14.7. The smallest absolute Gasteiger partial charge is 0.244 e. The number of benzene rings is 2. The standard InChI is InChI=1S/C23H25ClN2O4/c24-19-14-17(15-21-23(19)30-13-12-29-21)6-7-22(27)25-16-20(18-4-2-1-3-5-18)26-8-10-28-11-9-26/h1-7,14-15,20H,8-13,16H2,(H,25,27)/b7-6+. The summed E-state index contributed by atoms with van der Waals surface area (Å²) in [5.41, 5.74) is 1.97. The summed E-state index contributed by atoms with van der Waals surface area (Å²) in [6.07, 6.45) is 3.24. The molecule has 7 heteroatoms. The van der Waals surface area contributed by atoms with Crippen molar-refractivity contribution in [2.45, 2.75) is 6.04 Å². The second-order valence-electron chi connectivity index (χ2n) is 7.18. The number of ether oxygens (including phenoxy) is 3. The predicted octanol–water partition coefficient (Wildman–Crippen LogP) is 3.31. The molecule has 30 heavy (non-hydrogen) atoms. The zero-order chi connectivity index (χ0) is 20.8. The topological polar surface area (TPSA) is 60.0 Å². The summed E-state index contributed by atoms with van der Waals surface area (Å²) in [5, 5.41) is 3.50. The first-order valence-electron chi connectivity index (χ1n) is 10.1. The average Bonchev–Trinajstić information content (AvgIpc) is 2.79. The Labute approximate surface area is 181 Å². The molecule has 1 N–H and O–H groups in total. The van der Waals surface area contributed by atoms with E-state index in [0.29, 0.717) is 49.5 Å². The van der Waals surface area contributed by atoms with Gasteiger partial charge in [0.2, 0.25) is 5.91 Å². The molecule has 0 bridgehead atoms. The van der Waals surface area contributed by atoms with Crippen molar-refractivity contribution >= 4 is 23.6 Å². The van der Waals surface area contributed by atoms with Gasteiger partial charge in [-0.3, -0.25) is 9.69 Å². The SMILES string of the molecule is O=C(/C=C/c1cc(Cl)c2c(c1)OCCO2)NCC(c1ccccc1)N1CCOCC1. The van der Waals surface area contributed by atoms with Gasteiger partial charge in [-0.25, -0.2) is 0 Å².